The summed E-state index contributed by atoms with van der Waals surface area (Å²) in [5.41, 5.74) is 0.638. The Morgan fingerprint density at radius 2 is 1.95 bits per heavy atom. The van der Waals surface area contributed by atoms with Crippen molar-refractivity contribution in [2.24, 2.45) is 0 Å². The maximum absolute atomic E-state index is 12.5. The standard InChI is InChI=1S/C16H22N2O4/c1-22-14-5-2-4-13(12-14)16(21)18-10-8-17(9-11-18)7-3-6-15(19)20/h2,4-5,12H,3,6-11H2,1H3,(H,19,20). The number of piperazine rings is 1. The van der Waals surface area contributed by atoms with E-state index < -0.39 is 5.97 Å². The van der Waals surface area contributed by atoms with Crippen LogP contribution in [0.3, 0.4) is 0 Å². The summed E-state index contributed by atoms with van der Waals surface area (Å²) in [6.45, 7) is 3.68. The first-order chi connectivity index (χ1) is 10.6. The number of nitrogens with zero attached hydrogens (tertiary/aromatic N) is 2. The number of amides is 1. The third kappa shape index (κ3) is 4.46. The molecular weight excluding hydrogens is 284 g/mol. The Bertz CT molecular complexity index is 525. The number of carboxylic acid groups (broad SMARTS) is 1. The molecule has 1 heterocycles. The maximum atomic E-state index is 12.5. The van der Waals surface area contributed by atoms with E-state index in [-0.39, 0.29) is 12.3 Å². The van der Waals surface area contributed by atoms with Crippen LogP contribution in [0.15, 0.2) is 24.3 Å². The highest BCUT2D eigenvalue weighted by atomic mass is 16.5. The van der Waals surface area contributed by atoms with Crippen LogP contribution in [0.5, 0.6) is 5.75 Å². The third-order valence-electron chi connectivity index (χ3n) is 3.84. The summed E-state index contributed by atoms with van der Waals surface area (Å²) in [5, 5.41) is 8.64. The molecule has 0 atom stereocenters. The first-order valence-electron chi connectivity index (χ1n) is 7.47. The second-order valence-electron chi connectivity index (χ2n) is 5.36. The van der Waals surface area contributed by atoms with E-state index in [0.717, 1.165) is 19.6 Å². The summed E-state index contributed by atoms with van der Waals surface area (Å²) in [5.74, 6) is -0.0610. The zero-order chi connectivity index (χ0) is 15.9. The van der Waals surface area contributed by atoms with E-state index in [1.807, 2.05) is 17.0 Å². The summed E-state index contributed by atoms with van der Waals surface area (Å²) in [6, 6.07) is 7.18. The van der Waals surface area contributed by atoms with Crippen LogP contribution in [0.2, 0.25) is 0 Å². The maximum Gasteiger partial charge on any atom is 0.303 e. The number of ether oxygens (including phenoxy) is 1. The lowest BCUT2D eigenvalue weighted by Crippen LogP contribution is -2.48. The van der Waals surface area contributed by atoms with Crippen molar-refractivity contribution >= 4 is 11.9 Å². The van der Waals surface area contributed by atoms with Crippen LogP contribution in [-0.4, -0.2) is 66.6 Å². The van der Waals surface area contributed by atoms with E-state index in [2.05, 4.69) is 4.90 Å². The van der Waals surface area contributed by atoms with E-state index in [4.69, 9.17) is 9.84 Å². The normalized spacial score (nSPS) is 15.6. The molecule has 1 N–H and O–H groups in total. The fraction of sp³-hybridized carbons (Fsp3) is 0.500. The minimum atomic E-state index is -0.758. The number of hydrogen-bond donors (Lipinski definition) is 1. The first kappa shape index (κ1) is 16.3. The SMILES string of the molecule is COc1cccc(C(=O)N2CCN(CCCC(=O)O)CC2)c1. The summed E-state index contributed by atoms with van der Waals surface area (Å²) in [6.07, 6.45) is 0.849. The van der Waals surface area contributed by atoms with Crippen molar-refractivity contribution in [3.63, 3.8) is 0 Å². The molecule has 120 valence electrons. The molecule has 1 fully saturated rings. The fourth-order valence-electron chi connectivity index (χ4n) is 2.57. The van der Waals surface area contributed by atoms with Gasteiger partial charge in [0, 0.05) is 38.2 Å². The highest BCUT2D eigenvalue weighted by Crippen LogP contribution is 2.15. The van der Waals surface area contributed by atoms with Crippen LogP contribution in [0, 0.1) is 0 Å². The lowest BCUT2D eigenvalue weighted by molar-refractivity contribution is -0.137. The Labute approximate surface area is 130 Å². The van der Waals surface area contributed by atoms with E-state index in [9.17, 15) is 9.59 Å². The average Bonchev–Trinajstić information content (AvgIpc) is 2.54. The van der Waals surface area contributed by atoms with Crippen molar-refractivity contribution < 1.29 is 19.4 Å². The largest absolute Gasteiger partial charge is 0.497 e. The predicted molar refractivity (Wildman–Crippen MR) is 82.2 cm³/mol. The van der Waals surface area contributed by atoms with Crippen LogP contribution in [0.4, 0.5) is 0 Å². The van der Waals surface area contributed by atoms with Gasteiger partial charge < -0.3 is 14.7 Å². The Balaban J connectivity index is 1.83. The fourth-order valence-corrected chi connectivity index (χ4v) is 2.57. The number of rotatable bonds is 6. The quantitative estimate of drug-likeness (QED) is 0.858. The molecule has 1 aliphatic rings. The molecule has 0 spiro atoms. The Morgan fingerprint density at radius 3 is 2.59 bits per heavy atom. The smallest absolute Gasteiger partial charge is 0.303 e. The topological polar surface area (TPSA) is 70.1 Å². The van der Waals surface area contributed by atoms with Gasteiger partial charge in [0.25, 0.3) is 5.91 Å². The lowest BCUT2D eigenvalue weighted by atomic mass is 10.1. The number of carbonyl (C=O) groups excluding carboxylic acids is 1. The van der Waals surface area contributed by atoms with Gasteiger partial charge in [-0.1, -0.05) is 6.07 Å². The molecule has 1 aromatic rings. The van der Waals surface area contributed by atoms with Crippen molar-refractivity contribution in [2.45, 2.75) is 12.8 Å². The van der Waals surface area contributed by atoms with Gasteiger partial charge in [0.15, 0.2) is 0 Å². The number of carboxylic acids is 1. The molecule has 2 rings (SSSR count). The highest BCUT2D eigenvalue weighted by Gasteiger charge is 2.22. The molecule has 0 aliphatic carbocycles. The van der Waals surface area contributed by atoms with Crippen molar-refractivity contribution in [1.29, 1.82) is 0 Å². The third-order valence-corrected chi connectivity index (χ3v) is 3.84. The molecule has 6 heteroatoms. The van der Waals surface area contributed by atoms with Gasteiger partial charge in [0.1, 0.15) is 5.75 Å². The van der Waals surface area contributed by atoms with Gasteiger partial charge in [-0.3, -0.25) is 14.5 Å². The molecule has 0 bridgehead atoms. The van der Waals surface area contributed by atoms with E-state index in [0.29, 0.717) is 30.8 Å². The van der Waals surface area contributed by atoms with Crippen LogP contribution in [0.1, 0.15) is 23.2 Å². The van der Waals surface area contributed by atoms with Crippen LogP contribution < -0.4 is 4.74 Å². The highest BCUT2D eigenvalue weighted by molar-refractivity contribution is 5.94. The van der Waals surface area contributed by atoms with Gasteiger partial charge in [-0.2, -0.15) is 0 Å². The van der Waals surface area contributed by atoms with E-state index >= 15 is 0 Å². The second-order valence-corrected chi connectivity index (χ2v) is 5.36. The number of hydrogen-bond acceptors (Lipinski definition) is 4. The number of carbonyl (C=O) groups is 2. The van der Waals surface area contributed by atoms with Crippen molar-refractivity contribution in [3.05, 3.63) is 29.8 Å². The minimum Gasteiger partial charge on any atom is -0.497 e. The Kier molecular flexibility index (Phi) is 5.77. The van der Waals surface area contributed by atoms with Crippen molar-refractivity contribution in [1.82, 2.24) is 9.80 Å². The predicted octanol–water partition coefficient (Wildman–Crippen LogP) is 1.32. The molecule has 0 unspecified atom stereocenters. The minimum absolute atomic E-state index is 0.0177. The molecule has 0 radical (unpaired) electrons. The summed E-state index contributed by atoms with van der Waals surface area (Å²) < 4.78 is 5.15. The summed E-state index contributed by atoms with van der Waals surface area (Å²) >= 11 is 0. The lowest BCUT2D eigenvalue weighted by Gasteiger charge is -2.34. The van der Waals surface area contributed by atoms with Crippen LogP contribution in [-0.2, 0) is 4.79 Å². The number of aliphatic carboxylic acids is 1. The zero-order valence-electron chi connectivity index (χ0n) is 12.8. The van der Waals surface area contributed by atoms with E-state index in [1.54, 1.807) is 19.2 Å². The summed E-state index contributed by atoms with van der Waals surface area (Å²) in [4.78, 5) is 27.0. The molecule has 1 saturated heterocycles. The monoisotopic (exact) mass is 306 g/mol. The number of benzene rings is 1. The molecule has 0 aromatic heterocycles. The van der Waals surface area contributed by atoms with Crippen LogP contribution in [0.25, 0.3) is 0 Å². The first-order valence-corrected chi connectivity index (χ1v) is 7.47. The molecule has 1 amide bonds. The van der Waals surface area contributed by atoms with Gasteiger partial charge in [0.05, 0.1) is 7.11 Å². The number of methoxy groups -OCH3 is 1. The van der Waals surface area contributed by atoms with Gasteiger partial charge in [-0.15, -0.1) is 0 Å². The molecule has 1 aromatic carbocycles. The zero-order valence-corrected chi connectivity index (χ0v) is 12.8. The molecular formula is C16H22N2O4. The summed E-state index contributed by atoms with van der Waals surface area (Å²) in [7, 11) is 1.58. The van der Waals surface area contributed by atoms with Crippen LogP contribution >= 0.6 is 0 Å². The van der Waals surface area contributed by atoms with Gasteiger partial charge in [-0.25, -0.2) is 0 Å². The molecule has 22 heavy (non-hydrogen) atoms. The van der Waals surface area contributed by atoms with E-state index in [1.165, 1.54) is 0 Å². The Hall–Kier alpha value is -2.08. The molecule has 0 saturated carbocycles. The van der Waals surface area contributed by atoms with Gasteiger partial charge >= 0.3 is 5.97 Å². The molecule has 1 aliphatic heterocycles. The average molecular weight is 306 g/mol. The molecule has 6 nitrogen and oxygen atoms in total. The second kappa shape index (κ2) is 7.79. The van der Waals surface area contributed by atoms with Gasteiger partial charge in [0.2, 0.25) is 0 Å². The van der Waals surface area contributed by atoms with Crippen molar-refractivity contribution in [3.8, 4) is 5.75 Å². The van der Waals surface area contributed by atoms with Gasteiger partial charge in [-0.05, 0) is 31.2 Å². The Morgan fingerprint density at radius 1 is 1.23 bits per heavy atom. The van der Waals surface area contributed by atoms with Crippen molar-refractivity contribution in [2.75, 3.05) is 39.8 Å².